The number of Topliss-reactive ketones (excluding diaryl/α,β-unsaturated/α-hetero) is 1. The average Bonchev–Trinajstić information content (AvgIpc) is 3.29. The molecule has 2 nitrogen and oxygen atoms in total. The van der Waals surface area contributed by atoms with Crippen molar-refractivity contribution in [3.05, 3.63) is 35.9 Å². The third-order valence-corrected chi connectivity index (χ3v) is 4.24. The first-order valence-electron chi connectivity index (χ1n) is 8.57. The summed E-state index contributed by atoms with van der Waals surface area (Å²) in [5.74, 6) is 0.153. The zero-order chi connectivity index (χ0) is 14.9. The molecule has 0 aromatic heterocycles. The molecule has 0 amide bonds. The van der Waals surface area contributed by atoms with Crippen molar-refractivity contribution < 1.29 is 9.53 Å². The molecular weight excluding hydrogens is 260 g/mol. The number of benzene rings is 1. The minimum atomic E-state index is -0.169. The standard InChI is InChI=1S/C19H28O2/c1-2-3-4-5-6-7-8-12-15-17-19(21-17)18(20)16-13-10-9-11-14-16/h9-11,13-14,17,19H,2-8,12,15H2,1H3/t17-,19+/m1/s1. The van der Waals surface area contributed by atoms with Crippen molar-refractivity contribution in [2.75, 3.05) is 0 Å². The van der Waals surface area contributed by atoms with Gasteiger partial charge in [-0.3, -0.25) is 4.79 Å². The fraction of sp³-hybridized carbons (Fsp3) is 0.632. The zero-order valence-corrected chi connectivity index (χ0v) is 13.2. The molecule has 0 saturated carbocycles. The van der Waals surface area contributed by atoms with Crippen LogP contribution in [0.2, 0.25) is 0 Å². The fourth-order valence-corrected chi connectivity index (χ4v) is 2.84. The fourth-order valence-electron chi connectivity index (χ4n) is 2.84. The number of rotatable bonds is 11. The van der Waals surface area contributed by atoms with Gasteiger partial charge in [0.1, 0.15) is 6.10 Å². The van der Waals surface area contributed by atoms with E-state index in [9.17, 15) is 4.79 Å². The molecule has 0 N–H and O–H groups in total. The van der Waals surface area contributed by atoms with E-state index in [1.807, 2.05) is 30.3 Å². The van der Waals surface area contributed by atoms with Crippen LogP contribution in [0, 0.1) is 0 Å². The molecule has 2 rings (SSSR count). The average molecular weight is 288 g/mol. The number of ketones is 1. The van der Waals surface area contributed by atoms with Crippen molar-refractivity contribution in [2.24, 2.45) is 0 Å². The molecule has 1 aliphatic rings. The van der Waals surface area contributed by atoms with Gasteiger partial charge in [-0.2, -0.15) is 0 Å². The number of unbranched alkanes of at least 4 members (excludes halogenated alkanes) is 7. The summed E-state index contributed by atoms with van der Waals surface area (Å²) >= 11 is 0. The predicted molar refractivity (Wildman–Crippen MR) is 86.7 cm³/mol. The van der Waals surface area contributed by atoms with Crippen LogP contribution < -0.4 is 0 Å². The molecule has 1 heterocycles. The summed E-state index contributed by atoms with van der Waals surface area (Å²) < 4.78 is 5.54. The van der Waals surface area contributed by atoms with Crippen molar-refractivity contribution in [3.8, 4) is 0 Å². The monoisotopic (exact) mass is 288 g/mol. The van der Waals surface area contributed by atoms with Gasteiger partial charge in [0.2, 0.25) is 0 Å². The minimum absolute atomic E-state index is 0.153. The second-order valence-electron chi connectivity index (χ2n) is 6.09. The first kappa shape index (κ1) is 16.2. The largest absolute Gasteiger partial charge is 0.361 e. The van der Waals surface area contributed by atoms with Crippen molar-refractivity contribution in [2.45, 2.75) is 76.9 Å². The maximum absolute atomic E-state index is 12.1. The second kappa shape index (κ2) is 8.99. The highest BCUT2D eigenvalue weighted by Crippen LogP contribution is 2.30. The normalized spacial score (nSPS) is 20.4. The molecule has 0 spiro atoms. The Morgan fingerprint density at radius 1 is 0.952 bits per heavy atom. The number of epoxide rings is 1. The predicted octanol–water partition coefficient (Wildman–Crippen LogP) is 5.17. The van der Waals surface area contributed by atoms with E-state index in [-0.39, 0.29) is 18.0 Å². The maximum atomic E-state index is 12.1. The van der Waals surface area contributed by atoms with Crippen LogP contribution in [-0.4, -0.2) is 18.0 Å². The van der Waals surface area contributed by atoms with Gasteiger partial charge >= 0.3 is 0 Å². The first-order chi connectivity index (χ1) is 10.3. The number of ether oxygens (including phenoxy) is 1. The lowest BCUT2D eigenvalue weighted by molar-refractivity contribution is 0.0953. The van der Waals surface area contributed by atoms with Crippen molar-refractivity contribution in [1.29, 1.82) is 0 Å². The van der Waals surface area contributed by atoms with Gasteiger partial charge in [-0.15, -0.1) is 0 Å². The Hall–Kier alpha value is -1.15. The molecular formula is C19H28O2. The van der Waals surface area contributed by atoms with Crippen molar-refractivity contribution in [3.63, 3.8) is 0 Å². The Kier molecular flexibility index (Phi) is 6.94. The van der Waals surface area contributed by atoms with Crippen LogP contribution in [0.4, 0.5) is 0 Å². The van der Waals surface area contributed by atoms with Crippen LogP contribution in [-0.2, 0) is 4.74 Å². The van der Waals surface area contributed by atoms with Crippen LogP contribution in [0.1, 0.15) is 75.1 Å². The molecule has 1 saturated heterocycles. The molecule has 0 aliphatic carbocycles. The lowest BCUT2D eigenvalue weighted by Gasteiger charge is -2.00. The molecule has 0 unspecified atom stereocenters. The first-order valence-corrected chi connectivity index (χ1v) is 8.57. The Balaban J connectivity index is 1.51. The number of carbonyl (C=O) groups is 1. The van der Waals surface area contributed by atoms with Crippen LogP contribution in [0.25, 0.3) is 0 Å². The van der Waals surface area contributed by atoms with Crippen LogP contribution >= 0.6 is 0 Å². The van der Waals surface area contributed by atoms with Gasteiger partial charge < -0.3 is 4.74 Å². The van der Waals surface area contributed by atoms with Crippen LogP contribution in [0.5, 0.6) is 0 Å². The quantitative estimate of drug-likeness (QED) is 0.319. The summed E-state index contributed by atoms with van der Waals surface area (Å²) in [5.41, 5.74) is 0.779. The highest BCUT2D eigenvalue weighted by atomic mass is 16.6. The molecule has 2 atom stereocenters. The topological polar surface area (TPSA) is 29.6 Å². The van der Waals surface area contributed by atoms with E-state index < -0.39 is 0 Å². The Morgan fingerprint density at radius 2 is 1.57 bits per heavy atom. The minimum Gasteiger partial charge on any atom is -0.361 e. The molecule has 1 fully saturated rings. The van der Waals surface area contributed by atoms with Crippen LogP contribution in [0.3, 0.4) is 0 Å². The number of hydrogen-bond donors (Lipinski definition) is 0. The van der Waals surface area contributed by atoms with Gasteiger partial charge in [-0.1, -0.05) is 88.6 Å². The van der Waals surface area contributed by atoms with E-state index in [1.165, 1.54) is 51.4 Å². The Morgan fingerprint density at radius 3 is 2.24 bits per heavy atom. The molecule has 1 aromatic rings. The SMILES string of the molecule is CCCCCCCCCC[C@H]1O[C@@H]1C(=O)c1ccccc1. The van der Waals surface area contributed by atoms with Crippen molar-refractivity contribution >= 4 is 5.78 Å². The van der Waals surface area contributed by atoms with Gasteiger partial charge in [0.15, 0.2) is 5.78 Å². The summed E-state index contributed by atoms with van der Waals surface area (Å²) in [5, 5.41) is 0. The Bertz CT molecular complexity index is 413. The summed E-state index contributed by atoms with van der Waals surface area (Å²) in [7, 11) is 0. The molecule has 1 aliphatic heterocycles. The van der Waals surface area contributed by atoms with Gasteiger partial charge in [-0.25, -0.2) is 0 Å². The number of carbonyl (C=O) groups excluding carboxylic acids is 1. The smallest absolute Gasteiger partial charge is 0.194 e. The van der Waals surface area contributed by atoms with E-state index in [0.717, 1.165) is 12.0 Å². The molecule has 21 heavy (non-hydrogen) atoms. The number of hydrogen-bond acceptors (Lipinski definition) is 2. The summed E-state index contributed by atoms with van der Waals surface area (Å²) in [4.78, 5) is 12.1. The van der Waals surface area contributed by atoms with Gasteiger partial charge in [0.25, 0.3) is 0 Å². The third kappa shape index (κ3) is 5.62. The highest BCUT2D eigenvalue weighted by Gasteiger charge is 2.44. The lowest BCUT2D eigenvalue weighted by atomic mass is 10.0. The second-order valence-corrected chi connectivity index (χ2v) is 6.09. The molecule has 0 radical (unpaired) electrons. The molecule has 2 heteroatoms. The van der Waals surface area contributed by atoms with E-state index in [2.05, 4.69) is 6.92 Å². The molecule has 116 valence electrons. The van der Waals surface area contributed by atoms with E-state index in [1.54, 1.807) is 0 Å². The van der Waals surface area contributed by atoms with E-state index >= 15 is 0 Å². The molecule has 1 aromatic carbocycles. The van der Waals surface area contributed by atoms with Gasteiger partial charge in [-0.05, 0) is 6.42 Å². The van der Waals surface area contributed by atoms with Crippen molar-refractivity contribution in [1.82, 2.24) is 0 Å². The zero-order valence-electron chi connectivity index (χ0n) is 13.2. The van der Waals surface area contributed by atoms with Crippen LogP contribution in [0.15, 0.2) is 30.3 Å². The summed E-state index contributed by atoms with van der Waals surface area (Å²) in [6.45, 7) is 2.25. The Labute approximate surface area is 128 Å². The highest BCUT2D eigenvalue weighted by molar-refractivity contribution is 6.01. The van der Waals surface area contributed by atoms with E-state index in [0.29, 0.717) is 0 Å². The summed E-state index contributed by atoms with van der Waals surface area (Å²) in [6.07, 6.45) is 11.7. The molecule has 0 bridgehead atoms. The lowest BCUT2D eigenvalue weighted by Crippen LogP contribution is -2.10. The maximum Gasteiger partial charge on any atom is 0.194 e. The van der Waals surface area contributed by atoms with Gasteiger partial charge in [0, 0.05) is 5.56 Å². The third-order valence-electron chi connectivity index (χ3n) is 4.24. The van der Waals surface area contributed by atoms with Gasteiger partial charge in [0.05, 0.1) is 6.10 Å². The summed E-state index contributed by atoms with van der Waals surface area (Å²) in [6, 6.07) is 9.49. The van der Waals surface area contributed by atoms with E-state index in [4.69, 9.17) is 4.74 Å².